The van der Waals surface area contributed by atoms with Crippen molar-refractivity contribution in [2.45, 2.75) is 31.8 Å². The van der Waals surface area contributed by atoms with Gasteiger partial charge in [0.15, 0.2) is 0 Å². The monoisotopic (exact) mass is 297 g/mol. The fraction of sp³-hybridized carbons (Fsp3) is 0.333. The highest BCUT2D eigenvalue weighted by Gasteiger charge is 2.20. The lowest BCUT2D eigenvalue weighted by molar-refractivity contribution is 0.0933. The SMILES string of the molecule is N#Cc1ccc(C(=O)NC2CCc3n[nH]c(=O)n3CC2)cc1. The Morgan fingerprint density at radius 3 is 2.86 bits per heavy atom. The fourth-order valence-corrected chi connectivity index (χ4v) is 2.61. The van der Waals surface area contributed by atoms with Crippen LogP contribution in [0.2, 0.25) is 0 Å². The third-order valence-electron chi connectivity index (χ3n) is 3.87. The van der Waals surface area contributed by atoms with Gasteiger partial charge in [-0.15, -0.1) is 0 Å². The molecule has 2 aromatic rings. The number of aromatic amines is 1. The van der Waals surface area contributed by atoms with Crippen LogP contribution in [-0.4, -0.2) is 26.7 Å². The summed E-state index contributed by atoms with van der Waals surface area (Å²) in [4.78, 5) is 23.8. The number of hydrogen-bond acceptors (Lipinski definition) is 4. The molecule has 1 unspecified atom stereocenters. The topological polar surface area (TPSA) is 104 Å². The molecule has 0 radical (unpaired) electrons. The fourth-order valence-electron chi connectivity index (χ4n) is 2.61. The van der Waals surface area contributed by atoms with Gasteiger partial charge in [0, 0.05) is 24.6 Å². The average Bonchev–Trinajstić information content (AvgIpc) is 2.77. The second-order valence-electron chi connectivity index (χ2n) is 5.28. The minimum atomic E-state index is -0.200. The molecule has 1 aromatic carbocycles. The Labute approximate surface area is 126 Å². The first-order chi connectivity index (χ1) is 10.7. The molecular weight excluding hydrogens is 282 g/mol. The van der Waals surface area contributed by atoms with Crippen LogP contribution in [0.1, 0.15) is 34.6 Å². The molecule has 0 saturated carbocycles. The van der Waals surface area contributed by atoms with E-state index in [0.717, 1.165) is 12.2 Å². The Hall–Kier alpha value is -2.88. The molecular formula is C15H15N5O2. The normalized spacial score (nSPS) is 17.1. The lowest BCUT2D eigenvalue weighted by atomic mass is 10.1. The Balaban J connectivity index is 1.65. The van der Waals surface area contributed by atoms with Gasteiger partial charge in [0.1, 0.15) is 5.82 Å². The van der Waals surface area contributed by atoms with E-state index in [9.17, 15) is 9.59 Å². The molecule has 1 amide bonds. The second kappa shape index (κ2) is 5.85. The smallest absolute Gasteiger partial charge is 0.343 e. The van der Waals surface area contributed by atoms with E-state index in [1.807, 2.05) is 6.07 Å². The molecule has 22 heavy (non-hydrogen) atoms. The number of amides is 1. The van der Waals surface area contributed by atoms with Crippen LogP contribution in [0.15, 0.2) is 29.1 Å². The maximum absolute atomic E-state index is 12.2. The molecule has 7 nitrogen and oxygen atoms in total. The van der Waals surface area contributed by atoms with Crippen molar-refractivity contribution in [2.24, 2.45) is 0 Å². The molecule has 7 heteroatoms. The minimum absolute atomic E-state index is 0.00393. The first-order valence-electron chi connectivity index (χ1n) is 7.12. The van der Waals surface area contributed by atoms with Crippen molar-refractivity contribution in [3.8, 4) is 6.07 Å². The minimum Gasteiger partial charge on any atom is -0.349 e. The molecule has 0 aliphatic carbocycles. The molecule has 3 rings (SSSR count). The van der Waals surface area contributed by atoms with Gasteiger partial charge >= 0.3 is 5.69 Å². The predicted octanol–water partition coefficient (Wildman–Crippen LogP) is 0.578. The quantitative estimate of drug-likeness (QED) is 0.846. The molecule has 1 aliphatic rings. The van der Waals surface area contributed by atoms with Crippen molar-refractivity contribution in [1.82, 2.24) is 20.1 Å². The molecule has 2 heterocycles. The number of fused-ring (bicyclic) bond motifs is 1. The highest BCUT2D eigenvalue weighted by Crippen LogP contribution is 2.12. The largest absolute Gasteiger partial charge is 0.349 e. The van der Waals surface area contributed by atoms with E-state index in [1.165, 1.54) is 0 Å². The van der Waals surface area contributed by atoms with Crippen LogP contribution in [0.3, 0.4) is 0 Å². The predicted molar refractivity (Wildman–Crippen MR) is 78.2 cm³/mol. The zero-order valence-electron chi connectivity index (χ0n) is 11.9. The highest BCUT2D eigenvalue weighted by molar-refractivity contribution is 5.94. The molecule has 1 aliphatic heterocycles. The van der Waals surface area contributed by atoms with Gasteiger partial charge in [0.05, 0.1) is 11.6 Å². The number of H-pyrrole nitrogens is 1. The summed E-state index contributed by atoms with van der Waals surface area (Å²) in [7, 11) is 0. The summed E-state index contributed by atoms with van der Waals surface area (Å²) in [6.07, 6.45) is 2.08. The van der Waals surface area contributed by atoms with E-state index in [0.29, 0.717) is 30.5 Å². The molecule has 2 N–H and O–H groups in total. The van der Waals surface area contributed by atoms with Crippen LogP contribution in [0.5, 0.6) is 0 Å². The van der Waals surface area contributed by atoms with Crippen LogP contribution in [0.4, 0.5) is 0 Å². The molecule has 112 valence electrons. The average molecular weight is 297 g/mol. The molecule has 0 bridgehead atoms. The van der Waals surface area contributed by atoms with E-state index in [4.69, 9.17) is 5.26 Å². The van der Waals surface area contributed by atoms with Crippen LogP contribution >= 0.6 is 0 Å². The number of nitrogens with zero attached hydrogens (tertiary/aromatic N) is 3. The van der Waals surface area contributed by atoms with Gasteiger partial charge in [0.2, 0.25) is 0 Å². The first kappa shape index (κ1) is 14.1. The number of nitriles is 1. The van der Waals surface area contributed by atoms with E-state index in [1.54, 1.807) is 28.8 Å². The Morgan fingerprint density at radius 1 is 1.36 bits per heavy atom. The lowest BCUT2D eigenvalue weighted by Gasteiger charge is -2.16. The van der Waals surface area contributed by atoms with Gasteiger partial charge in [0.25, 0.3) is 5.91 Å². The van der Waals surface area contributed by atoms with Crippen LogP contribution in [0, 0.1) is 11.3 Å². The lowest BCUT2D eigenvalue weighted by Crippen LogP contribution is -2.35. The van der Waals surface area contributed by atoms with E-state index in [2.05, 4.69) is 15.5 Å². The van der Waals surface area contributed by atoms with E-state index < -0.39 is 0 Å². The van der Waals surface area contributed by atoms with Gasteiger partial charge in [-0.25, -0.2) is 9.89 Å². The van der Waals surface area contributed by atoms with Gasteiger partial charge in [-0.1, -0.05) is 0 Å². The van der Waals surface area contributed by atoms with Gasteiger partial charge in [-0.3, -0.25) is 9.36 Å². The number of aryl methyl sites for hydroxylation is 1. The Kier molecular flexibility index (Phi) is 3.74. The zero-order valence-corrected chi connectivity index (χ0v) is 11.9. The molecule has 1 aromatic heterocycles. The molecule has 0 spiro atoms. The molecule has 1 atom stereocenters. The number of benzene rings is 1. The van der Waals surface area contributed by atoms with Crippen LogP contribution < -0.4 is 11.0 Å². The summed E-state index contributed by atoms with van der Waals surface area (Å²) in [6.45, 7) is 0.545. The molecule has 0 saturated heterocycles. The van der Waals surface area contributed by atoms with E-state index >= 15 is 0 Å². The van der Waals surface area contributed by atoms with E-state index in [-0.39, 0.29) is 17.6 Å². The van der Waals surface area contributed by atoms with Crippen molar-refractivity contribution in [3.63, 3.8) is 0 Å². The van der Waals surface area contributed by atoms with Crippen molar-refractivity contribution in [2.75, 3.05) is 0 Å². The summed E-state index contributed by atoms with van der Waals surface area (Å²) in [5, 5.41) is 18.2. The summed E-state index contributed by atoms with van der Waals surface area (Å²) >= 11 is 0. The molecule has 0 fully saturated rings. The van der Waals surface area contributed by atoms with Gasteiger partial charge in [-0.05, 0) is 37.1 Å². The van der Waals surface area contributed by atoms with Crippen LogP contribution in [-0.2, 0) is 13.0 Å². The number of hydrogen-bond donors (Lipinski definition) is 2. The number of aromatic nitrogens is 3. The Bertz CT molecular complexity index is 781. The maximum Gasteiger partial charge on any atom is 0.343 e. The Morgan fingerprint density at radius 2 is 2.14 bits per heavy atom. The number of rotatable bonds is 2. The number of carbonyl (C=O) groups excluding carboxylic acids is 1. The van der Waals surface area contributed by atoms with Crippen molar-refractivity contribution in [1.29, 1.82) is 5.26 Å². The third kappa shape index (κ3) is 2.76. The number of carbonyl (C=O) groups is 1. The van der Waals surface area contributed by atoms with Gasteiger partial charge < -0.3 is 5.32 Å². The van der Waals surface area contributed by atoms with Crippen molar-refractivity contribution >= 4 is 5.91 Å². The summed E-state index contributed by atoms with van der Waals surface area (Å²) in [5.41, 5.74) is 0.851. The van der Waals surface area contributed by atoms with Crippen LogP contribution in [0.25, 0.3) is 0 Å². The summed E-state index contributed by atoms with van der Waals surface area (Å²) in [5.74, 6) is 0.572. The maximum atomic E-state index is 12.2. The summed E-state index contributed by atoms with van der Waals surface area (Å²) in [6, 6.07) is 8.55. The second-order valence-corrected chi connectivity index (χ2v) is 5.28. The van der Waals surface area contributed by atoms with Gasteiger partial charge in [-0.2, -0.15) is 10.4 Å². The van der Waals surface area contributed by atoms with Crippen molar-refractivity contribution in [3.05, 3.63) is 51.7 Å². The highest BCUT2D eigenvalue weighted by atomic mass is 16.2. The van der Waals surface area contributed by atoms with Crippen molar-refractivity contribution < 1.29 is 4.79 Å². The standard InChI is InChI=1S/C15H15N5O2/c16-9-10-1-3-11(4-2-10)14(21)17-12-5-6-13-18-19-15(22)20(13)8-7-12/h1-4,12H,5-8H2,(H,17,21)(H,19,22). The zero-order chi connectivity index (χ0) is 15.5. The summed E-state index contributed by atoms with van der Waals surface area (Å²) < 4.78 is 1.62. The third-order valence-corrected chi connectivity index (χ3v) is 3.87. The number of nitrogens with one attached hydrogen (secondary N) is 2. The first-order valence-corrected chi connectivity index (χ1v) is 7.12.